The van der Waals surface area contributed by atoms with E-state index in [2.05, 4.69) is 10.4 Å². The first-order valence-corrected chi connectivity index (χ1v) is 8.46. The summed E-state index contributed by atoms with van der Waals surface area (Å²) in [5, 5.41) is 3.82. The van der Waals surface area contributed by atoms with Crippen molar-refractivity contribution < 1.29 is 0 Å². The van der Waals surface area contributed by atoms with Gasteiger partial charge in [-0.3, -0.25) is 0 Å². The van der Waals surface area contributed by atoms with E-state index >= 15 is 0 Å². The largest absolute Gasteiger partial charge is 0.320 e. The summed E-state index contributed by atoms with van der Waals surface area (Å²) in [5.74, 6) is 0. The second kappa shape index (κ2) is 6.47. The van der Waals surface area contributed by atoms with Gasteiger partial charge >= 0.3 is 0 Å². The van der Waals surface area contributed by atoms with E-state index in [1.807, 2.05) is 41.9 Å². The third-order valence-electron chi connectivity index (χ3n) is 3.19. The molecule has 0 unspecified atom stereocenters. The van der Waals surface area contributed by atoms with Crippen molar-refractivity contribution in [3.63, 3.8) is 0 Å². The van der Waals surface area contributed by atoms with E-state index in [1.165, 1.54) is 0 Å². The molecular weight excluding hydrogens is 359 g/mol. The Morgan fingerprint density at radius 2 is 1.68 bits per heavy atom. The first kappa shape index (κ1) is 15.6. The summed E-state index contributed by atoms with van der Waals surface area (Å²) < 4.78 is 2.04. The van der Waals surface area contributed by atoms with E-state index < -0.39 is 0 Å². The monoisotopic (exact) mass is 368 g/mol. The number of benzene rings is 2. The summed E-state index contributed by atoms with van der Waals surface area (Å²) in [6.07, 6.45) is 0. The van der Waals surface area contributed by atoms with Crippen LogP contribution in [0, 0.1) is 0 Å². The van der Waals surface area contributed by atoms with Gasteiger partial charge in [-0.1, -0.05) is 46.9 Å². The number of halogens is 3. The van der Waals surface area contributed by atoms with Crippen LogP contribution < -0.4 is 4.80 Å². The molecule has 0 atom stereocenters. The van der Waals surface area contributed by atoms with Crippen molar-refractivity contribution in [1.29, 1.82) is 0 Å². The standard InChI is InChI=1S/C16H11Cl3N2S/c1-21-15(10-2-4-11(17)5-3-10)9-22-16(21)20-12-6-7-13(18)14(19)8-12/h2-9H,1H3. The molecule has 2 nitrogen and oxygen atoms in total. The lowest BCUT2D eigenvalue weighted by Gasteiger charge is -2.03. The van der Waals surface area contributed by atoms with Gasteiger partial charge in [0.15, 0.2) is 4.80 Å². The van der Waals surface area contributed by atoms with Crippen LogP contribution in [-0.2, 0) is 7.05 Å². The van der Waals surface area contributed by atoms with Gasteiger partial charge in [-0.15, -0.1) is 11.3 Å². The molecule has 0 saturated heterocycles. The van der Waals surface area contributed by atoms with E-state index in [0.717, 1.165) is 26.8 Å². The maximum atomic E-state index is 6.03. The Bertz CT molecular complexity index is 879. The normalized spacial score (nSPS) is 11.9. The number of hydrogen-bond donors (Lipinski definition) is 0. The van der Waals surface area contributed by atoms with Crippen LogP contribution in [0.4, 0.5) is 5.69 Å². The molecule has 112 valence electrons. The molecule has 1 heterocycles. The molecule has 0 radical (unpaired) electrons. The molecule has 0 amide bonds. The first-order chi connectivity index (χ1) is 10.5. The lowest BCUT2D eigenvalue weighted by Crippen LogP contribution is -2.10. The van der Waals surface area contributed by atoms with Crippen LogP contribution in [0.2, 0.25) is 15.1 Å². The molecule has 3 aromatic rings. The fourth-order valence-corrected chi connectivity index (χ4v) is 3.36. The Kier molecular flexibility index (Phi) is 4.59. The Morgan fingerprint density at radius 1 is 0.955 bits per heavy atom. The average molecular weight is 370 g/mol. The van der Waals surface area contributed by atoms with Gasteiger partial charge in [0, 0.05) is 17.5 Å². The second-order valence-electron chi connectivity index (χ2n) is 4.68. The molecule has 1 aromatic heterocycles. The molecule has 0 bridgehead atoms. The maximum Gasteiger partial charge on any atom is 0.190 e. The quantitative estimate of drug-likeness (QED) is 0.531. The fraction of sp³-hybridized carbons (Fsp3) is 0.0625. The van der Waals surface area contributed by atoms with Gasteiger partial charge in [0.05, 0.1) is 21.4 Å². The van der Waals surface area contributed by atoms with E-state index in [0.29, 0.717) is 10.0 Å². The van der Waals surface area contributed by atoms with Gasteiger partial charge < -0.3 is 4.57 Å². The molecule has 0 aliphatic rings. The highest BCUT2D eigenvalue weighted by molar-refractivity contribution is 7.07. The van der Waals surface area contributed by atoms with Crippen LogP contribution in [0.15, 0.2) is 52.8 Å². The van der Waals surface area contributed by atoms with Crippen LogP contribution in [0.3, 0.4) is 0 Å². The predicted molar refractivity (Wildman–Crippen MR) is 95.4 cm³/mol. The summed E-state index contributed by atoms with van der Waals surface area (Å²) in [6, 6.07) is 13.1. The van der Waals surface area contributed by atoms with Crippen LogP contribution in [-0.4, -0.2) is 4.57 Å². The van der Waals surface area contributed by atoms with Crippen molar-refractivity contribution in [2.75, 3.05) is 0 Å². The number of hydrogen-bond acceptors (Lipinski definition) is 2. The van der Waals surface area contributed by atoms with Crippen LogP contribution >= 0.6 is 46.1 Å². The number of aromatic nitrogens is 1. The van der Waals surface area contributed by atoms with Gasteiger partial charge in [0.1, 0.15) is 0 Å². The fourth-order valence-electron chi connectivity index (χ4n) is 2.02. The van der Waals surface area contributed by atoms with Gasteiger partial charge in [0.2, 0.25) is 0 Å². The average Bonchev–Trinajstić information content (AvgIpc) is 2.85. The Hall–Kier alpha value is -1.26. The molecule has 0 spiro atoms. The molecule has 3 rings (SSSR count). The predicted octanol–water partition coefficient (Wildman–Crippen LogP) is 5.95. The molecule has 2 aromatic carbocycles. The maximum absolute atomic E-state index is 6.03. The lowest BCUT2D eigenvalue weighted by molar-refractivity contribution is 0.883. The highest BCUT2D eigenvalue weighted by Crippen LogP contribution is 2.27. The van der Waals surface area contributed by atoms with Crippen LogP contribution in [0.25, 0.3) is 11.3 Å². The third-order valence-corrected chi connectivity index (χ3v) is 5.10. The van der Waals surface area contributed by atoms with Crippen LogP contribution in [0.1, 0.15) is 0 Å². The zero-order valence-electron chi connectivity index (χ0n) is 11.6. The summed E-state index contributed by atoms with van der Waals surface area (Å²) in [6.45, 7) is 0. The van der Waals surface area contributed by atoms with E-state index in [1.54, 1.807) is 23.5 Å². The van der Waals surface area contributed by atoms with E-state index in [-0.39, 0.29) is 0 Å². The van der Waals surface area contributed by atoms with E-state index in [4.69, 9.17) is 34.8 Å². The Balaban J connectivity index is 2.04. The minimum Gasteiger partial charge on any atom is -0.320 e. The minimum atomic E-state index is 0.500. The minimum absolute atomic E-state index is 0.500. The van der Waals surface area contributed by atoms with Crippen molar-refractivity contribution in [3.05, 3.63) is 67.7 Å². The highest BCUT2D eigenvalue weighted by atomic mass is 35.5. The molecule has 0 aliphatic carbocycles. The van der Waals surface area contributed by atoms with Gasteiger partial charge in [0.25, 0.3) is 0 Å². The third kappa shape index (κ3) is 3.23. The molecule has 0 fully saturated rings. The van der Waals surface area contributed by atoms with Crippen molar-refractivity contribution in [3.8, 4) is 11.3 Å². The summed E-state index contributed by atoms with van der Waals surface area (Å²) >= 11 is 19.5. The number of nitrogens with zero attached hydrogens (tertiary/aromatic N) is 2. The molecule has 6 heteroatoms. The molecule has 22 heavy (non-hydrogen) atoms. The van der Waals surface area contributed by atoms with E-state index in [9.17, 15) is 0 Å². The zero-order valence-corrected chi connectivity index (χ0v) is 14.6. The summed E-state index contributed by atoms with van der Waals surface area (Å²) in [7, 11) is 1.98. The van der Waals surface area contributed by atoms with Crippen molar-refractivity contribution in [2.24, 2.45) is 12.0 Å². The van der Waals surface area contributed by atoms with Crippen LogP contribution in [0.5, 0.6) is 0 Å². The summed E-state index contributed by atoms with van der Waals surface area (Å²) in [5.41, 5.74) is 2.95. The first-order valence-electron chi connectivity index (χ1n) is 6.45. The summed E-state index contributed by atoms with van der Waals surface area (Å²) in [4.78, 5) is 5.50. The topological polar surface area (TPSA) is 17.3 Å². The number of thiazole rings is 1. The highest BCUT2D eigenvalue weighted by Gasteiger charge is 2.05. The lowest BCUT2D eigenvalue weighted by atomic mass is 10.2. The van der Waals surface area contributed by atoms with Gasteiger partial charge in [-0.2, -0.15) is 0 Å². The van der Waals surface area contributed by atoms with Crippen molar-refractivity contribution >= 4 is 51.8 Å². The van der Waals surface area contributed by atoms with Gasteiger partial charge in [-0.05, 0) is 35.9 Å². The Labute approximate surface area is 147 Å². The number of rotatable bonds is 2. The van der Waals surface area contributed by atoms with Crippen molar-refractivity contribution in [2.45, 2.75) is 0 Å². The second-order valence-corrected chi connectivity index (χ2v) is 6.77. The molecule has 0 saturated carbocycles. The SMILES string of the molecule is Cn1c(-c2ccc(Cl)cc2)csc1=Nc1ccc(Cl)c(Cl)c1. The molecule has 0 aliphatic heterocycles. The molecular formula is C16H11Cl3N2S. The smallest absolute Gasteiger partial charge is 0.190 e. The zero-order chi connectivity index (χ0) is 15.7. The Morgan fingerprint density at radius 3 is 2.36 bits per heavy atom. The van der Waals surface area contributed by atoms with Crippen molar-refractivity contribution in [1.82, 2.24) is 4.57 Å². The van der Waals surface area contributed by atoms with Gasteiger partial charge in [-0.25, -0.2) is 4.99 Å². The molecule has 0 N–H and O–H groups in total.